The van der Waals surface area contributed by atoms with Crippen molar-refractivity contribution in [3.63, 3.8) is 0 Å². The number of carbonyl (C=O) groups excluding carboxylic acids is 1. The van der Waals surface area contributed by atoms with Crippen LogP contribution in [0, 0.1) is 0 Å². The van der Waals surface area contributed by atoms with Crippen molar-refractivity contribution in [1.82, 2.24) is 10.3 Å². The largest absolute Gasteiger partial charge is 0.399 e. The van der Waals surface area contributed by atoms with E-state index in [9.17, 15) is 4.79 Å². The van der Waals surface area contributed by atoms with Gasteiger partial charge in [-0.2, -0.15) is 0 Å². The normalized spacial score (nSPS) is 10.2. The number of nitrogens with two attached hydrogens (primary N) is 1. The maximum absolute atomic E-state index is 11.9. The van der Waals surface area contributed by atoms with E-state index in [2.05, 4.69) is 10.3 Å². The molecule has 4 nitrogen and oxygen atoms in total. The van der Waals surface area contributed by atoms with E-state index in [1.165, 1.54) is 0 Å². The Labute approximate surface area is 116 Å². The Bertz CT molecular complexity index is 572. The molecule has 0 bridgehead atoms. The van der Waals surface area contributed by atoms with Gasteiger partial charge in [0.2, 0.25) is 0 Å². The first-order valence-corrected chi connectivity index (χ1v) is 6.28. The van der Waals surface area contributed by atoms with Gasteiger partial charge in [0.25, 0.3) is 5.91 Å². The second-order valence-corrected chi connectivity index (χ2v) is 4.47. The zero-order valence-corrected chi connectivity index (χ0v) is 11.0. The van der Waals surface area contributed by atoms with E-state index < -0.39 is 0 Å². The topological polar surface area (TPSA) is 68.0 Å². The molecule has 0 aliphatic carbocycles. The Morgan fingerprint density at radius 3 is 2.89 bits per heavy atom. The fraction of sp³-hybridized carbons (Fsp3) is 0.143. The van der Waals surface area contributed by atoms with Crippen molar-refractivity contribution in [2.24, 2.45) is 0 Å². The number of aromatic nitrogens is 1. The van der Waals surface area contributed by atoms with E-state index in [-0.39, 0.29) is 5.91 Å². The summed E-state index contributed by atoms with van der Waals surface area (Å²) < 4.78 is 0. The van der Waals surface area contributed by atoms with Crippen LogP contribution < -0.4 is 11.1 Å². The lowest BCUT2D eigenvalue weighted by atomic mass is 10.2. The maximum Gasteiger partial charge on any atom is 0.252 e. The van der Waals surface area contributed by atoms with Gasteiger partial charge in [0.05, 0.1) is 10.6 Å². The van der Waals surface area contributed by atoms with Gasteiger partial charge in [0.15, 0.2) is 0 Å². The lowest BCUT2D eigenvalue weighted by Crippen LogP contribution is -2.26. The molecule has 3 N–H and O–H groups in total. The summed E-state index contributed by atoms with van der Waals surface area (Å²) in [6, 6.07) is 10.5. The van der Waals surface area contributed by atoms with Gasteiger partial charge < -0.3 is 11.1 Å². The molecule has 0 saturated heterocycles. The molecule has 0 spiro atoms. The number of nitrogens with zero attached hydrogens (tertiary/aromatic N) is 1. The molecule has 0 aliphatic rings. The highest BCUT2D eigenvalue weighted by Gasteiger charge is 2.10. The van der Waals surface area contributed by atoms with Crippen LogP contribution in [0.15, 0.2) is 42.6 Å². The smallest absolute Gasteiger partial charge is 0.252 e. The van der Waals surface area contributed by atoms with Gasteiger partial charge in [0.1, 0.15) is 0 Å². The van der Waals surface area contributed by atoms with Crippen molar-refractivity contribution in [2.75, 3.05) is 12.3 Å². The van der Waals surface area contributed by atoms with Crippen LogP contribution in [0.25, 0.3) is 0 Å². The summed E-state index contributed by atoms with van der Waals surface area (Å²) in [5.41, 5.74) is 7.47. The van der Waals surface area contributed by atoms with Gasteiger partial charge in [-0.1, -0.05) is 17.7 Å². The standard InChI is InChI=1S/C14H14ClN3O/c15-13-5-4-10(16)9-12(13)14(19)18-8-6-11-3-1-2-7-17-11/h1-5,7,9H,6,8,16H2,(H,18,19). The molecule has 19 heavy (non-hydrogen) atoms. The molecular formula is C14H14ClN3O. The van der Waals surface area contributed by atoms with Gasteiger partial charge in [0, 0.05) is 30.5 Å². The molecule has 1 heterocycles. The van der Waals surface area contributed by atoms with Crippen LogP contribution in [0.5, 0.6) is 0 Å². The second-order valence-electron chi connectivity index (χ2n) is 4.07. The minimum atomic E-state index is -0.228. The molecule has 0 fully saturated rings. The van der Waals surface area contributed by atoms with Crippen molar-refractivity contribution in [3.05, 3.63) is 58.9 Å². The first-order valence-electron chi connectivity index (χ1n) is 5.90. The Balaban J connectivity index is 1.93. The average molecular weight is 276 g/mol. The first-order chi connectivity index (χ1) is 9.16. The third-order valence-corrected chi connectivity index (χ3v) is 2.96. The van der Waals surface area contributed by atoms with E-state index in [1.807, 2.05) is 18.2 Å². The number of anilines is 1. The van der Waals surface area contributed by atoms with Crippen LogP contribution in [-0.4, -0.2) is 17.4 Å². The molecule has 5 heteroatoms. The zero-order valence-electron chi connectivity index (χ0n) is 10.3. The van der Waals surface area contributed by atoms with Crippen molar-refractivity contribution in [2.45, 2.75) is 6.42 Å². The second kappa shape index (κ2) is 6.20. The molecule has 1 aromatic heterocycles. The lowest BCUT2D eigenvalue weighted by molar-refractivity contribution is 0.0954. The van der Waals surface area contributed by atoms with E-state index in [0.29, 0.717) is 29.2 Å². The van der Waals surface area contributed by atoms with Gasteiger partial charge in [-0.05, 0) is 30.3 Å². The summed E-state index contributed by atoms with van der Waals surface area (Å²) in [5, 5.41) is 3.19. The quantitative estimate of drug-likeness (QED) is 0.841. The van der Waals surface area contributed by atoms with Crippen LogP contribution in [-0.2, 0) is 6.42 Å². The number of nitrogen functional groups attached to an aromatic ring is 1. The summed E-state index contributed by atoms with van der Waals surface area (Å²) in [6.45, 7) is 0.501. The van der Waals surface area contributed by atoms with Crippen LogP contribution in [0.3, 0.4) is 0 Å². The summed E-state index contributed by atoms with van der Waals surface area (Å²) in [5.74, 6) is -0.228. The number of nitrogens with one attached hydrogen (secondary N) is 1. The molecule has 98 valence electrons. The van der Waals surface area contributed by atoms with Crippen molar-refractivity contribution < 1.29 is 4.79 Å². The third-order valence-electron chi connectivity index (χ3n) is 2.63. The van der Waals surface area contributed by atoms with Crippen molar-refractivity contribution in [1.29, 1.82) is 0 Å². The highest BCUT2D eigenvalue weighted by molar-refractivity contribution is 6.34. The predicted molar refractivity (Wildman–Crippen MR) is 76.1 cm³/mol. The fourth-order valence-electron chi connectivity index (χ4n) is 1.66. The van der Waals surface area contributed by atoms with E-state index in [0.717, 1.165) is 5.69 Å². The van der Waals surface area contributed by atoms with Gasteiger partial charge in [-0.15, -0.1) is 0 Å². The Hall–Kier alpha value is -2.07. The summed E-state index contributed by atoms with van der Waals surface area (Å²) >= 11 is 5.96. The third kappa shape index (κ3) is 3.69. The molecule has 2 aromatic rings. The predicted octanol–water partition coefficient (Wildman–Crippen LogP) is 2.29. The molecule has 0 aliphatic heterocycles. The monoisotopic (exact) mass is 275 g/mol. The first kappa shape index (κ1) is 13.4. The molecule has 0 radical (unpaired) electrons. The van der Waals surface area contributed by atoms with E-state index in [4.69, 9.17) is 17.3 Å². The minimum Gasteiger partial charge on any atom is -0.399 e. The van der Waals surface area contributed by atoms with Gasteiger partial charge >= 0.3 is 0 Å². The van der Waals surface area contributed by atoms with Crippen LogP contribution in [0.2, 0.25) is 5.02 Å². The van der Waals surface area contributed by atoms with Crippen LogP contribution in [0.4, 0.5) is 5.69 Å². The van der Waals surface area contributed by atoms with Gasteiger partial charge in [-0.25, -0.2) is 0 Å². The summed E-state index contributed by atoms with van der Waals surface area (Å²) in [6.07, 6.45) is 2.40. The fourth-order valence-corrected chi connectivity index (χ4v) is 1.87. The Morgan fingerprint density at radius 1 is 1.32 bits per heavy atom. The molecule has 0 atom stereocenters. The average Bonchev–Trinajstić information content (AvgIpc) is 2.42. The zero-order chi connectivity index (χ0) is 13.7. The number of amides is 1. The summed E-state index contributed by atoms with van der Waals surface area (Å²) in [7, 11) is 0. The number of carbonyl (C=O) groups is 1. The molecule has 1 amide bonds. The number of halogens is 1. The highest BCUT2D eigenvalue weighted by Crippen LogP contribution is 2.18. The Morgan fingerprint density at radius 2 is 2.16 bits per heavy atom. The molecule has 1 aromatic carbocycles. The van der Waals surface area contributed by atoms with E-state index >= 15 is 0 Å². The van der Waals surface area contributed by atoms with Crippen molar-refractivity contribution >= 4 is 23.2 Å². The Kier molecular flexibility index (Phi) is 4.36. The van der Waals surface area contributed by atoms with Gasteiger partial charge in [-0.3, -0.25) is 9.78 Å². The van der Waals surface area contributed by atoms with Crippen LogP contribution in [0.1, 0.15) is 16.1 Å². The SMILES string of the molecule is Nc1ccc(Cl)c(C(=O)NCCc2ccccn2)c1. The van der Waals surface area contributed by atoms with E-state index in [1.54, 1.807) is 24.4 Å². The number of hydrogen-bond donors (Lipinski definition) is 2. The number of hydrogen-bond acceptors (Lipinski definition) is 3. The summed E-state index contributed by atoms with van der Waals surface area (Å²) in [4.78, 5) is 16.1. The molecule has 2 rings (SSSR count). The highest BCUT2D eigenvalue weighted by atomic mass is 35.5. The number of pyridine rings is 1. The molecule has 0 unspecified atom stereocenters. The number of benzene rings is 1. The van der Waals surface area contributed by atoms with Crippen molar-refractivity contribution in [3.8, 4) is 0 Å². The number of rotatable bonds is 4. The minimum absolute atomic E-state index is 0.228. The molecule has 0 saturated carbocycles. The van der Waals surface area contributed by atoms with Crippen LogP contribution >= 0.6 is 11.6 Å². The molecular weight excluding hydrogens is 262 g/mol. The maximum atomic E-state index is 11.9. The lowest BCUT2D eigenvalue weighted by Gasteiger charge is -2.07.